The van der Waals surface area contributed by atoms with E-state index in [4.69, 9.17) is 4.98 Å². The molecule has 0 saturated carbocycles. The molecule has 132 valence electrons. The molecule has 0 amide bonds. The van der Waals surface area contributed by atoms with Gasteiger partial charge in [-0.25, -0.2) is 4.98 Å². The van der Waals surface area contributed by atoms with Crippen molar-refractivity contribution in [3.8, 4) is 10.4 Å². The van der Waals surface area contributed by atoms with Gasteiger partial charge in [0.25, 0.3) is 5.56 Å². The van der Waals surface area contributed by atoms with Crippen molar-refractivity contribution in [2.45, 2.75) is 20.0 Å². The fraction of sp³-hybridized carbons (Fsp3) is 0.200. The normalized spacial score (nSPS) is 12.5. The number of hydrogen-bond acceptors (Lipinski definition) is 4. The van der Waals surface area contributed by atoms with E-state index in [0.29, 0.717) is 5.39 Å². The van der Waals surface area contributed by atoms with Crippen LogP contribution >= 0.6 is 22.7 Å². The highest BCUT2D eigenvalue weighted by molar-refractivity contribution is 7.21. The maximum Gasteiger partial charge on any atom is 0.259 e. The lowest BCUT2D eigenvalue weighted by molar-refractivity contribution is -0.926. The van der Waals surface area contributed by atoms with Crippen molar-refractivity contribution < 1.29 is 4.90 Å². The van der Waals surface area contributed by atoms with E-state index in [9.17, 15) is 4.79 Å². The van der Waals surface area contributed by atoms with Gasteiger partial charge in [-0.1, -0.05) is 36.4 Å². The molecule has 3 heterocycles. The third-order valence-electron chi connectivity index (χ3n) is 4.43. The topological polar surface area (TPSA) is 50.2 Å². The minimum atomic E-state index is -0.0463. The first kappa shape index (κ1) is 17.1. The van der Waals surface area contributed by atoms with Crippen LogP contribution in [0, 0.1) is 0 Å². The lowest BCUT2D eigenvalue weighted by Gasteiger charge is -2.16. The van der Waals surface area contributed by atoms with E-state index in [1.807, 2.05) is 24.3 Å². The molecule has 0 bridgehead atoms. The largest absolute Gasteiger partial charge is 0.324 e. The molecule has 0 fully saturated rings. The number of rotatable bonds is 6. The van der Waals surface area contributed by atoms with Crippen molar-refractivity contribution in [3.05, 3.63) is 75.0 Å². The number of benzene rings is 1. The van der Waals surface area contributed by atoms with Gasteiger partial charge in [-0.15, -0.1) is 22.7 Å². The summed E-state index contributed by atoms with van der Waals surface area (Å²) in [7, 11) is 0. The Labute approximate surface area is 159 Å². The lowest BCUT2D eigenvalue weighted by atomic mass is 10.2. The van der Waals surface area contributed by atoms with Crippen LogP contribution in [0.2, 0.25) is 0 Å². The quantitative estimate of drug-likeness (QED) is 0.537. The molecule has 4 rings (SSSR count). The van der Waals surface area contributed by atoms with Crippen LogP contribution in [0.1, 0.15) is 17.6 Å². The standard InChI is InChI=1S/C20H19N3OS2/c1-2-23(12-15-9-6-10-25-15)13-18-21-19(24)16-11-17(26-20(16)22-18)14-7-4-3-5-8-14/h3-11H,2,12-13H2,1H3,(H,21,22,24)/p+1. The first-order valence-electron chi connectivity index (χ1n) is 8.67. The monoisotopic (exact) mass is 382 g/mol. The number of nitrogens with zero attached hydrogens (tertiary/aromatic N) is 1. The molecule has 6 heteroatoms. The van der Waals surface area contributed by atoms with Gasteiger partial charge in [0.05, 0.1) is 16.8 Å². The summed E-state index contributed by atoms with van der Waals surface area (Å²) in [5.74, 6) is 0.761. The number of thiophene rings is 2. The Morgan fingerprint density at radius 3 is 2.69 bits per heavy atom. The molecular weight excluding hydrogens is 362 g/mol. The lowest BCUT2D eigenvalue weighted by Crippen LogP contribution is -3.09. The van der Waals surface area contributed by atoms with Gasteiger partial charge in [-0.05, 0) is 30.0 Å². The average molecular weight is 383 g/mol. The van der Waals surface area contributed by atoms with E-state index in [2.05, 4.69) is 41.6 Å². The van der Waals surface area contributed by atoms with Gasteiger partial charge < -0.3 is 9.88 Å². The van der Waals surface area contributed by atoms with Crippen molar-refractivity contribution >= 4 is 32.9 Å². The van der Waals surface area contributed by atoms with Crippen LogP contribution in [0.25, 0.3) is 20.7 Å². The molecule has 2 N–H and O–H groups in total. The van der Waals surface area contributed by atoms with Crippen LogP contribution in [0.4, 0.5) is 0 Å². The van der Waals surface area contributed by atoms with Crippen molar-refractivity contribution in [1.29, 1.82) is 0 Å². The van der Waals surface area contributed by atoms with Gasteiger partial charge in [-0.3, -0.25) is 4.79 Å². The molecule has 0 spiro atoms. The number of aromatic amines is 1. The zero-order chi connectivity index (χ0) is 17.9. The zero-order valence-corrected chi connectivity index (χ0v) is 16.1. The van der Waals surface area contributed by atoms with Gasteiger partial charge in [0.2, 0.25) is 0 Å². The number of H-pyrrole nitrogens is 1. The zero-order valence-electron chi connectivity index (χ0n) is 14.5. The van der Waals surface area contributed by atoms with E-state index in [0.717, 1.165) is 40.7 Å². The summed E-state index contributed by atoms with van der Waals surface area (Å²) in [6, 6.07) is 16.3. The highest BCUT2D eigenvalue weighted by atomic mass is 32.1. The Balaban J connectivity index is 1.63. The van der Waals surface area contributed by atoms with E-state index in [1.165, 1.54) is 9.78 Å². The highest BCUT2D eigenvalue weighted by Crippen LogP contribution is 2.30. The summed E-state index contributed by atoms with van der Waals surface area (Å²) >= 11 is 3.35. The second-order valence-corrected chi connectivity index (χ2v) is 8.31. The Morgan fingerprint density at radius 1 is 1.12 bits per heavy atom. The third-order valence-corrected chi connectivity index (χ3v) is 6.39. The summed E-state index contributed by atoms with van der Waals surface area (Å²) in [5.41, 5.74) is 1.07. The molecule has 4 aromatic rings. The fourth-order valence-electron chi connectivity index (χ4n) is 3.01. The average Bonchev–Trinajstić information content (AvgIpc) is 3.31. The maximum absolute atomic E-state index is 12.5. The Bertz CT molecular complexity index is 1050. The highest BCUT2D eigenvalue weighted by Gasteiger charge is 2.14. The van der Waals surface area contributed by atoms with E-state index < -0.39 is 0 Å². The van der Waals surface area contributed by atoms with Crippen LogP contribution in [-0.4, -0.2) is 16.5 Å². The predicted octanol–water partition coefficient (Wildman–Crippen LogP) is 3.32. The van der Waals surface area contributed by atoms with Crippen LogP contribution in [0.3, 0.4) is 0 Å². The van der Waals surface area contributed by atoms with Crippen molar-refractivity contribution in [2.24, 2.45) is 0 Å². The molecule has 0 aliphatic carbocycles. The maximum atomic E-state index is 12.5. The molecule has 1 unspecified atom stereocenters. The van der Waals surface area contributed by atoms with Gasteiger partial charge in [0.15, 0.2) is 5.82 Å². The second kappa shape index (κ2) is 7.53. The van der Waals surface area contributed by atoms with Crippen molar-refractivity contribution in [1.82, 2.24) is 9.97 Å². The number of fused-ring (bicyclic) bond motifs is 1. The SMILES string of the molecule is CC[NH+](Cc1nc2sc(-c3ccccc3)cc2c(=O)[nH]1)Cc1cccs1. The van der Waals surface area contributed by atoms with Crippen molar-refractivity contribution in [3.63, 3.8) is 0 Å². The second-order valence-electron chi connectivity index (χ2n) is 6.24. The Morgan fingerprint density at radius 2 is 1.96 bits per heavy atom. The molecule has 0 aliphatic heterocycles. The Hall–Kier alpha value is -2.28. The minimum Gasteiger partial charge on any atom is -0.324 e. The first-order valence-corrected chi connectivity index (χ1v) is 10.4. The molecule has 4 nitrogen and oxygen atoms in total. The molecule has 26 heavy (non-hydrogen) atoms. The predicted molar refractivity (Wildman–Crippen MR) is 109 cm³/mol. The minimum absolute atomic E-state index is 0.0463. The molecule has 0 saturated heterocycles. The number of aromatic nitrogens is 2. The molecule has 0 radical (unpaired) electrons. The Kier molecular flexibility index (Phi) is 4.97. The third kappa shape index (κ3) is 3.62. The van der Waals surface area contributed by atoms with Gasteiger partial charge >= 0.3 is 0 Å². The summed E-state index contributed by atoms with van der Waals surface area (Å²) in [5, 5.41) is 2.78. The van der Waals surface area contributed by atoms with Crippen LogP contribution < -0.4 is 10.5 Å². The molecule has 1 aromatic carbocycles. The van der Waals surface area contributed by atoms with Crippen LogP contribution in [0.15, 0.2) is 58.7 Å². The summed E-state index contributed by atoms with van der Waals surface area (Å²) in [6.45, 7) is 4.82. The summed E-state index contributed by atoms with van der Waals surface area (Å²) < 4.78 is 0. The van der Waals surface area contributed by atoms with Crippen molar-refractivity contribution in [2.75, 3.05) is 6.54 Å². The summed E-state index contributed by atoms with van der Waals surface area (Å²) in [4.78, 5) is 24.9. The summed E-state index contributed by atoms with van der Waals surface area (Å²) in [6.07, 6.45) is 0. The number of hydrogen-bond donors (Lipinski definition) is 2. The number of nitrogens with one attached hydrogen (secondary N) is 2. The number of quaternary nitrogens is 1. The molecule has 1 atom stereocenters. The fourth-order valence-corrected chi connectivity index (χ4v) is 4.85. The smallest absolute Gasteiger partial charge is 0.259 e. The van der Waals surface area contributed by atoms with E-state index >= 15 is 0 Å². The molecule has 0 aliphatic rings. The van der Waals surface area contributed by atoms with Gasteiger partial charge in [-0.2, -0.15) is 0 Å². The van der Waals surface area contributed by atoms with Gasteiger partial charge in [0, 0.05) is 4.88 Å². The van der Waals surface area contributed by atoms with E-state index in [1.54, 1.807) is 22.7 Å². The van der Waals surface area contributed by atoms with Crippen LogP contribution in [-0.2, 0) is 13.1 Å². The van der Waals surface area contributed by atoms with E-state index in [-0.39, 0.29) is 5.56 Å². The first-order chi connectivity index (χ1) is 12.7. The molecule has 3 aromatic heterocycles. The van der Waals surface area contributed by atoms with Gasteiger partial charge in [0.1, 0.15) is 17.9 Å². The van der Waals surface area contributed by atoms with Crippen LogP contribution in [0.5, 0.6) is 0 Å². The molecular formula is C20H20N3OS2+.